The third-order valence-electron chi connectivity index (χ3n) is 2.39. The van der Waals surface area contributed by atoms with Gasteiger partial charge in [0.05, 0.1) is 0 Å². The summed E-state index contributed by atoms with van der Waals surface area (Å²) in [6.07, 6.45) is 1.77. The second-order valence-electron chi connectivity index (χ2n) is 3.42. The minimum Gasteiger partial charge on any atom is -0.785 e. The van der Waals surface area contributed by atoms with Gasteiger partial charge in [0.25, 0.3) is 0 Å². The molecule has 0 amide bonds. The fourth-order valence-electron chi connectivity index (χ4n) is 1.71. The third kappa shape index (κ3) is 1.82. The molecule has 0 unspecified atom stereocenters. The molecule has 1 aromatic carbocycles. The van der Waals surface area contributed by atoms with Crippen LogP contribution in [0, 0.1) is 5.21 Å². The van der Waals surface area contributed by atoms with Gasteiger partial charge in [-0.25, -0.2) is 0 Å². The largest absolute Gasteiger partial charge is 0.785 e. The Morgan fingerprint density at radius 3 is 3.00 bits per heavy atom. The standard InChI is InChI=1S/C10H12NO2/c12-10-4-3-9-7-11(13)5-1-2-8(9)6-10/h3-4,6,12H,1-2,5,7H2/q-1. The summed E-state index contributed by atoms with van der Waals surface area (Å²) in [6.45, 7) is 1.05. The number of phenolic OH excluding ortho intramolecular Hbond substituents is 1. The summed E-state index contributed by atoms with van der Waals surface area (Å²) in [5.41, 5.74) is 2.16. The van der Waals surface area contributed by atoms with E-state index in [-0.39, 0.29) is 5.75 Å². The predicted molar refractivity (Wildman–Crippen MR) is 50.2 cm³/mol. The molecule has 2 rings (SSSR count). The van der Waals surface area contributed by atoms with E-state index in [0.29, 0.717) is 13.1 Å². The van der Waals surface area contributed by atoms with Gasteiger partial charge in [0.15, 0.2) is 0 Å². The molecule has 13 heavy (non-hydrogen) atoms. The summed E-state index contributed by atoms with van der Waals surface area (Å²) in [4.78, 5) is 0. The Bertz CT molecular complexity index is 312. The van der Waals surface area contributed by atoms with Gasteiger partial charge >= 0.3 is 0 Å². The van der Waals surface area contributed by atoms with E-state index in [1.54, 1.807) is 12.1 Å². The van der Waals surface area contributed by atoms with Crippen molar-refractivity contribution in [2.75, 3.05) is 6.54 Å². The van der Waals surface area contributed by atoms with Crippen LogP contribution in [0.4, 0.5) is 0 Å². The lowest BCUT2D eigenvalue weighted by Crippen LogP contribution is -2.14. The minimum absolute atomic E-state index is 0.290. The average molecular weight is 178 g/mol. The molecule has 0 fully saturated rings. The summed E-state index contributed by atoms with van der Waals surface area (Å²) in [7, 11) is 0. The molecule has 0 atom stereocenters. The first kappa shape index (κ1) is 8.53. The van der Waals surface area contributed by atoms with Crippen LogP contribution in [0.25, 0.3) is 0 Å². The van der Waals surface area contributed by atoms with Crippen LogP contribution in [-0.4, -0.2) is 16.7 Å². The van der Waals surface area contributed by atoms with Crippen molar-refractivity contribution in [1.82, 2.24) is 5.06 Å². The Morgan fingerprint density at radius 1 is 1.31 bits per heavy atom. The molecule has 0 saturated carbocycles. The van der Waals surface area contributed by atoms with E-state index in [4.69, 9.17) is 0 Å². The Labute approximate surface area is 77.2 Å². The number of hydroxylamine groups is 2. The molecule has 0 spiro atoms. The number of rotatable bonds is 0. The molecule has 1 N–H and O–H groups in total. The van der Waals surface area contributed by atoms with E-state index >= 15 is 0 Å². The zero-order chi connectivity index (χ0) is 9.26. The predicted octanol–water partition coefficient (Wildman–Crippen LogP) is 1.64. The molecule has 1 aliphatic rings. The molecule has 1 heterocycles. The van der Waals surface area contributed by atoms with Gasteiger partial charge < -0.3 is 15.4 Å². The number of hydrogen-bond acceptors (Lipinski definition) is 3. The van der Waals surface area contributed by atoms with Crippen molar-refractivity contribution in [3.05, 3.63) is 34.5 Å². The maximum Gasteiger partial charge on any atom is 0.115 e. The number of aryl methyl sites for hydroxylation is 1. The van der Waals surface area contributed by atoms with E-state index in [1.165, 1.54) is 0 Å². The minimum atomic E-state index is 0.290. The lowest BCUT2D eigenvalue weighted by Gasteiger charge is -2.25. The molecular weight excluding hydrogens is 166 g/mol. The molecular formula is C10H12NO2-. The van der Waals surface area contributed by atoms with Gasteiger partial charge in [0.2, 0.25) is 0 Å². The molecule has 1 aromatic rings. The van der Waals surface area contributed by atoms with Gasteiger partial charge in [-0.15, -0.1) is 0 Å². The van der Waals surface area contributed by atoms with Crippen LogP contribution in [0.1, 0.15) is 17.5 Å². The monoisotopic (exact) mass is 178 g/mol. The second-order valence-corrected chi connectivity index (χ2v) is 3.42. The van der Waals surface area contributed by atoms with Crippen LogP contribution in [0.5, 0.6) is 5.75 Å². The molecule has 0 bridgehead atoms. The van der Waals surface area contributed by atoms with Gasteiger partial charge in [0.1, 0.15) is 5.75 Å². The van der Waals surface area contributed by atoms with Crippen molar-refractivity contribution in [1.29, 1.82) is 0 Å². The number of hydrogen-bond donors (Lipinski definition) is 1. The lowest BCUT2D eigenvalue weighted by atomic mass is 10.0. The van der Waals surface area contributed by atoms with Crippen LogP contribution in [0.15, 0.2) is 18.2 Å². The zero-order valence-electron chi connectivity index (χ0n) is 7.36. The van der Waals surface area contributed by atoms with Crippen LogP contribution in [-0.2, 0) is 13.0 Å². The van der Waals surface area contributed by atoms with Crippen molar-refractivity contribution in [2.45, 2.75) is 19.4 Å². The molecule has 3 nitrogen and oxygen atoms in total. The van der Waals surface area contributed by atoms with Crippen molar-refractivity contribution in [3.63, 3.8) is 0 Å². The number of nitrogens with zero attached hydrogens (tertiary/aromatic N) is 1. The maximum absolute atomic E-state index is 11.2. The van der Waals surface area contributed by atoms with Crippen molar-refractivity contribution in [2.24, 2.45) is 0 Å². The fraction of sp³-hybridized carbons (Fsp3) is 0.400. The number of fused-ring (bicyclic) bond motifs is 1. The third-order valence-corrected chi connectivity index (χ3v) is 2.39. The Kier molecular flexibility index (Phi) is 2.20. The highest BCUT2D eigenvalue weighted by Gasteiger charge is 2.08. The van der Waals surface area contributed by atoms with Crippen molar-refractivity contribution in [3.8, 4) is 5.75 Å². The normalized spacial score (nSPS) is 17.9. The summed E-state index contributed by atoms with van der Waals surface area (Å²) in [5, 5.41) is 21.5. The molecule has 1 aliphatic heterocycles. The first-order valence-electron chi connectivity index (χ1n) is 4.48. The number of aromatic hydroxyl groups is 1. The van der Waals surface area contributed by atoms with Gasteiger partial charge in [-0.1, -0.05) is 6.07 Å². The topological polar surface area (TPSA) is 46.5 Å². The van der Waals surface area contributed by atoms with Crippen LogP contribution in [0.2, 0.25) is 0 Å². The summed E-state index contributed by atoms with van der Waals surface area (Å²) < 4.78 is 0. The van der Waals surface area contributed by atoms with E-state index < -0.39 is 0 Å². The molecule has 0 aliphatic carbocycles. The van der Waals surface area contributed by atoms with Crippen LogP contribution >= 0.6 is 0 Å². The van der Waals surface area contributed by atoms with Crippen molar-refractivity contribution < 1.29 is 5.11 Å². The van der Waals surface area contributed by atoms with Crippen LogP contribution < -0.4 is 0 Å². The fourth-order valence-corrected chi connectivity index (χ4v) is 1.71. The highest BCUT2D eigenvalue weighted by molar-refractivity contribution is 5.35. The quantitative estimate of drug-likeness (QED) is 0.656. The van der Waals surface area contributed by atoms with Gasteiger partial charge in [-0.2, -0.15) is 0 Å². The molecule has 3 heteroatoms. The molecule has 0 radical (unpaired) electrons. The highest BCUT2D eigenvalue weighted by atomic mass is 16.5. The molecule has 70 valence electrons. The number of benzene rings is 1. The van der Waals surface area contributed by atoms with E-state index in [1.807, 2.05) is 6.07 Å². The van der Waals surface area contributed by atoms with Crippen LogP contribution in [0.3, 0.4) is 0 Å². The second kappa shape index (κ2) is 3.36. The molecule has 0 aromatic heterocycles. The van der Waals surface area contributed by atoms with E-state index in [9.17, 15) is 10.3 Å². The SMILES string of the molecule is [O-]N1CCCc2cc(O)ccc2C1. The summed E-state index contributed by atoms with van der Waals surface area (Å²) >= 11 is 0. The Morgan fingerprint density at radius 2 is 2.15 bits per heavy atom. The average Bonchev–Trinajstić information content (AvgIpc) is 2.25. The van der Waals surface area contributed by atoms with Crippen molar-refractivity contribution >= 4 is 0 Å². The van der Waals surface area contributed by atoms with E-state index in [2.05, 4.69) is 0 Å². The van der Waals surface area contributed by atoms with Gasteiger partial charge in [0, 0.05) is 6.54 Å². The molecule has 0 saturated heterocycles. The first-order valence-corrected chi connectivity index (χ1v) is 4.48. The van der Waals surface area contributed by atoms with Gasteiger partial charge in [-0.05, 0) is 42.6 Å². The Balaban J connectivity index is 2.34. The van der Waals surface area contributed by atoms with Gasteiger partial charge in [-0.3, -0.25) is 0 Å². The number of phenols is 1. The Hall–Kier alpha value is -1.06. The zero-order valence-corrected chi connectivity index (χ0v) is 7.36. The first-order chi connectivity index (χ1) is 6.25. The highest BCUT2D eigenvalue weighted by Crippen LogP contribution is 2.22. The summed E-state index contributed by atoms with van der Waals surface area (Å²) in [5.74, 6) is 0.290. The lowest BCUT2D eigenvalue weighted by molar-refractivity contribution is 0.376. The maximum atomic E-state index is 11.2. The summed E-state index contributed by atoms with van der Waals surface area (Å²) in [6, 6.07) is 5.23. The smallest absolute Gasteiger partial charge is 0.115 e. The van der Waals surface area contributed by atoms with E-state index in [0.717, 1.165) is 29.0 Å².